The lowest BCUT2D eigenvalue weighted by Crippen LogP contribution is -2.06. The van der Waals surface area contributed by atoms with Gasteiger partial charge in [-0.05, 0) is 12.1 Å². The van der Waals surface area contributed by atoms with Crippen LogP contribution in [0.1, 0.15) is 0 Å². The Morgan fingerprint density at radius 3 is 1.74 bits per heavy atom. The largest absolute Gasteiger partial charge is 0.395 e. The molecular formula is C14H20O2S7. The van der Waals surface area contributed by atoms with Gasteiger partial charge in [-0.15, -0.1) is 81.9 Å². The fraction of sp³-hybridized carbons (Fsp3) is 0.714. The van der Waals surface area contributed by atoms with Crippen molar-refractivity contribution in [3.8, 4) is 0 Å². The summed E-state index contributed by atoms with van der Waals surface area (Å²) < 4.78 is 4.05. The number of aliphatic hydroxyl groups is 2. The first-order valence-electron chi connectivity index (χ1n) is 7.38. The number of rotatable bonds is 8. The molecule has 1 aromatic heterocycles. The predicted molar refractivity (Wildman–Crippen MR) is 115 cm³/mol. The lowest BCUT2D eigenvalue weighted by Gasteiger charge is -2.07. The molecular weight excluding hydrogens is 425 g/mol. The minimum absolute atomic E-state index is 0.312. The molecule has 2 aliphatic heterocycles. The highest BCUT2D eigenvalue weighted by Crippen LogP contribution is 2.44. The van der Waals surface area contributed by atoms with Gasteiger partial charge in [0.2, 0.25) is 0 Å². The summed E-state index contributed by atoms with van der Waals surface area (Å²) in [5.41, 5.74) is 0. The molecule has 0 aromatic carbocycles. The maximum Gasteiger partial charge on any atom is 0.0611 e. The van der Waals surface area contributed by atoms with Gasteiger partial charge in [0.05, 0.1) is 30.8 Å². The number of aliphatic hydroxyl groups excluding tert-OH is 2. The highest BCUT2D eigenvalue weighted by molar-refractivity contribution is 8.22. The minimum atomic E-state index is 0.312. The quantitative estimate of drug-likeness (QED) is 0.576. The van der Waals surface area contributed by atoms with Gasteiger partial charge < -0.3 is 10.2 Å². The molecule has 1 aromatic rings. The third kappa shape index (κ3) is 6.13. The van der Waals surface area contributed by atoms with Crippen molar-refractivity contribution < 1.29 is 10.2 Å². The minimum Gasteiger partial charge on any atom is -0.395 e. The molecule has 4 atom stereocenters. The lowest BCUT2D eigenvalue weighted by atomic mass is 10.5. The topological polar surface area (TPSA) is 40.5 Å². The summed E-state index contributed by atoms with van der Waals surface area (Å²) in [6, 6.07) is 4.49. The number of thiophene rings is 1. The lowest BCUT2D eigenvalue weighted by molar-refractivity contribution is 0.301. The van der Waals surface area contributed by atoms with Crippen LogP contribution < -0.4 is 0 Å². The van der Waals surface area contributed by atoms with E-state index in [9.17, 15) is 10.2 Å². The van der Waals surface area contributed by atoms with Crippen LogP contribution in [0.2, 0.25) is 0 Å². The standard InChI is InChI=1S/C14H20O2S7/c15-3-9-5-17-13(21-9)7-19-11-1-2-12(23-11)20-8-14-18-6-10(4-16)22-14/h1-2,9-10,13-16H,3-8H2. The monoisotopic (exact) mass is 444 g/mol. The number of hydrogen-bond acceptors (Lipinski definition) is 9. The smallest absolute Gasteiger partial charge is 0.0611 e. The Bertz CT molecular complexity index is 443. The maximum absolute atomic E-state index is 9.19. The molecule has 130 valence electrons. The summed E-state index contributed by atoms with van der Waals surface area (Å²) in [4.78, 5) is 0. The van der Waals surface area contributed by atoms with Crippen LogP contribution in [-0.2, 0) is 0 Å². The molecule has 2 N–H and O–H groups in total. The first-order chi connectivity index (χ1) is 11.3. The summed E-state index contributed by atoms with van der Waals surface area (Å²) >= 11 is 13.6. The van der Waals surface area contributed by atoms with E-state index in [-0.39, 0.29) is 0 Å². The van der Waals surface area contributed by atoms with Crippen LogP contribution in [0.5, 0.6) is 0 Å². The van der Waals surface area contributed by atoms with Crippen molar-refractivity contribution in [1.29, 1.82) is 0 Å². The number of thioether (sulfide) groups is 6. The summed E-state index contributed by atoms with van der Waals surface area (Å²) in [5.74, 6) is 4.43. The third-order valence-electron chi connectivity index (χ3n) is 3.31. The Morgan fingerprint density at radius 2 is 1.35 bits per heavy atom. The van der Waals surface area contributed by atoms with Crippen LogP contribution in [0, 0.1) is 0 Å². The van der Waals surface area contributed by atoms with Gasteiger partial charge >= 0.3 is 0 Å². The summed E-state index contributed by atoms with van der Waals surface area (Å²) in [5, 5.41) is 19.3. The van der Waals surface area contributed by atoms with Crippen molar-refractivity contribution in [3.05, 3.63) is 12.1 Å². The summed E-state index contributed by atoms with van der Waals surface area (Å²) in [6.07, 6.45) is 0. The fourth-order valence-corrected chi connectivity index (χ4v) is 12.6. The Morgan fingerprint density at radius 1 is 0.870 bits per heavy atom. The molecule has 0 amide bonds. The van der Waals surface area contributed by atoms with Gasteiger partial charge in [-0.25, -0.2) is 0 Å². The van der Waals surface area contributed by atoms with Crippen LogP contribution in [0.4, 0.5) is 0 Å². The highest BCUT2D eigenvalue weighted by atomic mass is 32.2. The SMILES string of the molecule is OCC1CSC(CSc2ccc(SCC3SCC(CO)S3)s2)S1. The molecule has 2 fully saturated rings. The van der Waals surface area contributed by atoms with Crippen molar-refractivity contribution in [3.63, 3.8) is 0 Å². The maximum atomic E-state index is 9.19. The average molecular weight is 445 g/mol. The first kappa shape index (κ1) is 19.5. The van der Waals surface area contributed by atoms with E-state index >= 15 is 0 Å². The van der Waals surface area contributed by atoms with E-state index < -0.39 is 0 Å². The van der Waals surface area contributed by atoms with Crippen LogP contribution in [0.25, 0.3) is 0 Å². The second kappa shape index (κ2) is 10.2. The van der Waals surface area contributed by atoms with Gasteiger partial charge in [-0.3, -0.25) is 0 Å². The molecule has 0 aliphatic carbocycles. The van der Waals surface area contributed by atoms with Gasteiger partial charge in [0.25, 0.3) is 0 Å². The molecule has 0 saturated carbocycles. The zero-order chi connectivity index (χ0) is 16.1. The van der Waals surface area contributed by atoms with Crippen LogP contribution in [0.3, 0.4) is 0 Å². The fourth-order valence-electron chi connectivity index (χ4n) is 2.14. The van der Waals surface area contributed by atoms with Gasteiger partial charge in [-0.2, -0.15) is 0 Å². The van der Waals surface area contributed by atoms with Crippen molar-refractivity contribution in [2.45, 2.75) is 28.1 Å². The molecule has 2 saturated heterocycles. The van der Waals surface area contributed by atoms with E-state index in [2.05, 4.69) is 12.1 Å². The van der Waals surface area contributed by atoms with Crippen molar-refractivity contribution >= 4 is 81.9 Å². The Labute approximate surface area is 167 Å². The molecule has 3 rings (SSSR count). The Kier molecular flexibility index (Phi) is 8.60. The first-order valence-corrected chi connectivity index (χ1v) is 14.1. The molecule has 0 spiro atoms. The molecule has 0 bridgehead atoms. The molecule has 4 unspecified atom stereocenters. The molecule has 23 heavy (non-hydrogen) atoms. The molecule has 3 heterocycles. The molecule has 0 radical (unpaired) electrons. The van der Waals surface area contributed by atoms with Crippen molar-refractivity contribution in [2.24, 2.45) is 0 Å². The van der Waals surface area contributed by atoms with Crippen LogP contribution in [0.15, 0.2) is 20.6 Å². The Balaban J connectivity index is 1.37. The zero-order valence-electron chi connectivity index (χ0n) is 12.5. The molecule has 9 heteroatoms. The van der Waals surface area contributed by atoms with E-state index in [0.29, 0.717) is 32.9 Å². The molecule has 2 nitrogen and oxygen atoms in total. The van der Waals surface area contributed by atoms with Gasteiger partial charge in [-0.1, -0.05) is 0 Å². The second-order valence-corrected chi connectivity index (χ2v) is 14.9. The van der Waals surface area contributed by atoms with Gasteiger partial charge in [0.15, 0.2) is 0 Å². The van der Waals surface area contributed by atoms with Crippen LogP contribution in [-0.4, -0.2) is 66.1 Å². The molecule has 2 aliphatic rings. The van der Waals surface area contributed by atoms with Crippen molar-refractivity contribution in [2.75, 3.05) is 36.2 Å². The second-order valence-electron chi connectivity index (χ2n) is 5.10. The van der Waals surface area contributed by atoms with E-state index in [4.69, 9.17) is 0 Å². The van der Waals surface area contributed by atoms with E-state index in [1.807, 2.05) is 81.9 Å². The Hall–Kier alpha value is 1.72. The van der Waals surface area contributed by atoms with E-state index in [0.717, 1.165) is 23.0 Å². The normalized spacial score (nSPS) is 31.0. The third-order valence-corrected chi connectivity index (χ3v) is 14.4. The predicted octanol–water partition coefficient (Wildman–Crippen LogP) is 4.27. The summed E-state index contributed by atoms with van der Waals surface area (Å²) in [6.45, 7) is 0.625. The van der Waals surface area contributed by atoms with E-state index in [1.165, 1.54) is 8.42 Å². The van der Waals surface area contributed by atoms with Gasteiger partial charge in [0.1, 0.15) is 0 Å². The average Bonchev–Trinajstić information content (AvgIpc) is 3.30. The van der Waals surface area contributed by atoms with Crippen molar-refractivity contribution in [1.82, 2.24) is 0 Å². The number of hydrogen-bond donors (Lipinski definition) is 2. The van der Waals surface area contributed by atoms with E-state index in [1.54, 1.807) is 0 Å². The summed E-state index contributed by atoms with van der Waals surface area (Å²) in [7, 11) is 0. The van der Waals surface area contributed by atoms with Gasteiger partial charge in [0, 0.05) is 33.5 Å². The highest BCUT2D eigenvalue weighted by Gasteiger charge is 2.26. The van der Waals surface area contributed by atoms with Crippen LogP contribution >= 0.6 is 81.9 Å². The zero-order valence-corrected chi connectivity index (χ0v) is 18.2.